The summed E-state index contributed by atoms with van der Waals surface area (Å²) in [5.41, 5.74) is 10.7. The molecule has 21 heavy (non-hydrogen) atoms. The number of para-hydroxylation sites is 1. The number of aryl methyl sites for hydroxylation is 2. The molecular formula is C17H18N4. The zero-order valence-corrected chi connectivity index (χ0v) is 12.5. The molecule has 3 aromatic rings. The third kappa shape index (κ3) is 2.50. The van der Waals surface area contributed by atoms with Crippen LogP contribution in [0.15, 0.2) is 36.5 Å². The fourth-order valence-electron chi connectivity index (χ4n) is 2.51. The molecule has 2 N–H and O–H groups in total. The highest BCUT2D eigenvalue weighted by atomic mass is 14.9. The summed E-state index contributed by atoms with van der Waals surface area (Å²) in [7, 11) is 0. The van der Waals surface area contributed by atoms with E-state index < -0.39 is 0 Å². The smallest absolute Gasteiger partial charge is 0.178 e. The average molecular weight is 278 g/mol. The first-order chi connectivity index (χ1) is 10.1. The van der Waals surface area contributed by atoms with Crippen molar-refractivity contribution in [2.75, 3.05) is 0 Å². The SMILES string of the molecule is Cc1nc(-c2cc(C)c3ccccc3n2)ncc1C(C)N. The zero-order chi connectivity index (χ0) is 15.0. The van der Waals surface area contributed by atoms with Gasteiger partial charge in [0.2, 0.25) is 0 Å². The minimum atomic E-state index is -0.0645. The Labute approximate surface area is 124 Å². The predicted octanol–water partition coefficient (Wildman–Crippen LogP) is 3.33. The van der Waals surface area contributed by atoms with E-state index in [9.17, 15) is 0 Å². The van der Waals surface area contributed by atoms with Gasteiger partial charge in [0.05, 0.1) is 5.52 Å². The molecule has 1 unspecified atom stereocenters. The van der Waals surface area contributed by atoms with E-state index in [1.54, 1.807) is 6.20 Å². The first-order valence-corrected chi connectivity index (χ1v) is 7.02. The molecule has 2 aromatic heterocycles. The van der Waals surface area contributed by atoms with Crippen molar-refractivity contribution in [1.82, 2.24) is 15.0 Å². The molecule has 0 aliphatic carbocycles. The molecule has 2 heterocycles. The molecule has 0 spiro atoms. The van der Waals surface area contributed by atoms with Gasteiger partial charge in [-0.1, -0.05) is 18.2 Å². The topological polar surface area (TPSA) is 64.7 Å². The van der Waals surface area contributed by atoms with Gasteiger partial charge in [0, 0.05) is 28.9 Å². The first kappa shape index (κ1) is 13.6. The number of rotatable bonds is 2. The van der Waals surface area contributed by atoms with Crippen LogP contribution in [-0.2, 0) is 0 Å². The normalized spacial score (nSPS) is 12.6. The maximum atomic E-state index is 5.91. The van der Waals surface area contributed by atoms with Gasteiger partial charge in [0.15, 0.2) is 5.82 Å². The number of hydrogen-bond acceptors (Lipinski definition) is 4. The number of aromatic nitrogens is 3. The Morgan fingerprint density at radius 2 is 1.86 bits per heavy atom. The summed E-state index contributed by atoms with van der Waals surface area (Å²) in [4.78, 5) is 13.6. The minimum absolute atomic E-state index is 0.0645. The molecule has 0 aliphatic heterocycles. The average Bonchev–Trinajstić information content (AvgIpc) is 2.46. The molecule has 106 valence electrons. The van der Waals surface area contributed by atoms with Crippen LogP contribution in [-0.4, -0.2) is 15.0 Å². The van der Waals surface area contributed by atoms with Crippen LogP contribution in [0.3, 0.4) is 0 Å². The molecule has 0 radical (unpaired) electrons. The van der Waals surface area contributed by atoms with E-state index in [1.165, 1.54) is 5.56 Å². The number of nitrogens with zero attached hydrogens (tertiary/aromatic N) is 3. The molecule has 0 fully saturated rings. The van der Waals surface area contributed by atoms with Crippen molar-refractivity contribution in [3.8, 4) is 11.5 Å². The molecule has 4 nitrogen and oxygen atoms in total. The fourth-order valence-corrected chi connectivity index (χ4v) is 2.51. The molecule has 0 saturated carbocycles. The molecule has 1 aromatic carbocycles. The van der Waals surface area contributed by atoms with E-state index in [1.807, 2.05) is 38.1 Å². The van der Waals surface area contributed by atoms with Gasteiger partial charge in [-0.05, 0) is 38.5 Å². The van der Waals surface area contributed by atoms with Crippen molar-refractivity contribution in [2.24, 2.45) is 5.73 Å². The van der Waals surface area contributed by atoms with E-state index in [0.717, 1.165) is 27.9 Å². The van der Waals surface area contributed by atoms with E-state index in [4.69, 9.17) is 5.73 Å². The maximum absolute atomic E-state index is 5.91. The molecule has 3 rings (SSSR count). The largest absolute Gasteiger partial charge is 0.324 e. The van der Waals surface area contributed by atoms with Crippen LogP contribution >= 0.6 is 0 Å². The van der Waals surface area contributed by atoms with Crippen LogP contribution in [0.4, 0.5) is 0 Å². The standard InChI is InChI=1S/C17H18N4/c1-10-8-16(21-15-7-5-4-6-13(10)15)17-19-9-14(11(2)18)12(3)20-17/h4-9,11H,18H2,1-3H3. The summed E-state index contributed by atoms with van der Waals surface area (Å²) in [6, 6.07) is 10.1. The Balaban J connectivity index is 2.14. The van der Waals surface area contributed by atoms with Crippen LogP contribution in [0.25, 0.3) is 22.4 Å². The van der Waals surface area contributed by atoms with E-state index in [-0.39, 0.29) is 6.04 Å². The van der Waals surface area contributed by atoms with Crippen molar-refractivity contribution in [2.45, 2.75) is 26.8 Å². The maximum Gasteiger partial charge on any atom is 0.178 e. The summed E-state index contributed by atoms with van der Waals surface area (Å²) in [5, 5.41) is 1.16. The fraction of sp³-hybridized carbons (Fsp3) is 0.235. The van der Waals surface area contributed by atoms with Gasteiger partial charge >= 0.3 is 0 Å². The quantitative estimate of drug-likeness (QED) is 0.781. The predicted molar refractivity (Wildman–Crippen MR) is 84.8 cm³/mol. The molecule has 0 amide bonds. The van der Waals surface area contributed by atoms with Crippen LogP contribution in [0.5, 0.6) is 0 Å². The van der Waals surface area contributed by atoms with E-state index in [2.05, 4.69) is 27.9 Å². The van der Waals surface area contributed by atoms with Crippen LogP contribution in [0.2, 0.25) is 0 Å². The number of hydrogen-bond donors (Lipinski definition) is 1. The molecule has 0 bridgehead atoms. The van der Waals surface area contributed by atoms with Crippen LogP contribution in [0, 0.1) is 13.8 Å². The molecular weight excluding hydrogens is 260 g/mol. The summed E-state index contributed by atoms with van der Waals surface area (Å²) in [6.45, 7) is 5.97. The number of nitrogens with two attached hydrogens (primary N) is 1. The second-order valence-electron chi connectivity index (χ2n) is 5.36. The molecule has 0 aliphatic rings. The molecule has 1 atom stereocenters. The van der Waals surface area contributed by atoms with Crippen molar-refractivity contribution in [3.63, 3.8) is 0 Å². The first-order valence-electron chi connectivity index (χ1n) is 7.02. The lowest BCUT2D eigenvalue weighted by atomic mass is 10.1. The number of fused-ring (bicyclic) bond motifs is 1. The summed E-state index contributed by atoms with van der Waals surface area (Å²) < 4.78 is 0. The molecule has 0 saturated heterocycles. The lowest BCUT2D eigenvalue weighted by Gasteiger charge is -2.10. The Morgan fingerprint density at radius 3 is 2.57 bits per heavy atom. The minimum Gasteiger partial charge on any atom is -0.324 e. The Kier molecular flexibility index (Phi) is 3.39. The van der Waals surface area contributed by atoms with Gasteiger partial charge in [-0.3, -0.25) is 0 Å². The number of pyridine rings is 1. The summed E-state index contributed by atoms with van der Waals surface area (Å²) >= 11 is 0. The van der Waals surface area contributed by atoms with Gasteiger partial charge in [0.1, 0.15) is 5.69 Å². The Hall–Kier alpha value is -2.33. The third-order valence-electron chi connectivity index (χ3n) is 3.66. The van der Waals surface area contributed by atoms with Gasteiger partial charge in [-0.25, -0.2) is 15.0 Å². The second kappa shape index (κ2) is 5.22. The van der Waals surface area contributed by atoms with Crippen molar-refractivity contribution < 1.29 is 0 Å². The highest BCUT2D eigenvalue weighted by Gasteiger charge is 2.11. The second-order valence-corrected chi connectivity index (χ2v) is 5.36. The van der Waals surface area contributed by atoms with Crippen LogP contribution < -0.4 is 5.73 Å². The lowest BCUT2D eigenvalue weighted by Crippen LogP contribution is -2.09. The summed E-state index contributed by atoms with van der Waals surface area (Å²) in [5.74, 6) is 0.644. The van der Waals surface area contributed by atoms with E-state index in [0.29, 0.717) is 5.82 Å². The van der Waals surface area contributed by atoms with E-state index >= 15 is 0 Å². The zero-order valence-electron chi connectivity index (χ0n) is 12.5. The van der Waals surface area contributed by atoms with Gasteiger partial charge in [0.25, 0.3) is 0 Å². The van der Waals surface area contributed by atoms with Crippen molar-refractivity contribution >= 4 is 10.9 Å². The van der Waals surface area contributed by atoms with Crippen LogP contribution in [0.1, 0.15) is 29.8 Å². The highest BCUT2D eigenvalue weighted by Crippen LogP contribution is 2.23. The highest BCUT2D eigenvalue weighted by molar-refractivity contribution is 5.84. The van der Waals surface area contributed by atoms with Gasteiger partial charge in [-0.2, -0.15) is 0 Å². The third-order valence-corrected chi connectivity index (χ3v) is 3.66. The Bertz CT molecular complexity index is 809. The van der Waals surface area contributed by atoms with Gasteiger partial charge < -0.3 is 5.73 Å². The molecule has 4 heteroatoms. The number of benzene rings is 1. The lowest BCUT2D eigenvalue weighted by molar-refractivity contribution is 0.790. The van der Waals surface area contributed by atoms with Crippen molar-refractivity contribution in [3.05, 3.63) is 53.3 Å². The van der Waals surface area contributed by atoms with Crippen molar-refractivity contribution in [1.29, 1.82) is 0 Å². The van der Waals surface area contributed by atoms with Gasteiger partial charge in [-0.15, -0.1) is 0 Å². The Morgan fingerprint density at radius 1 is 1.10 bits per heavy atom. The summed E-state index contributed by atoms with van der Waals surface area (Å²) in [6.07, 6.45) is 1.80. The monoisotopic (exact) mass is 278 g/mol.